The second-order valence-corrected chi connectivity index (χ2v) is 8.11. The number of nitrogens with zero attached hydrogens (tertiary/aromatic N) is 3. The summed E-state index contributed by atoms with van der Waals surface area (Å²) in [5.41, 5.74) is 2.22. The molecule has 1 N–H and O–H groups in total. The minimum absolute atomic E-state index is 0.105. The first-order chi connectivity index (χ1) is 12.2. The third-order valence-corrected chi connectivity index (χ3v) is 4.95. The molecule has 3 rings (SSSR count). The van der Waals surface area contributed by atoms with Gasteiger partial charge in [-0.25, -0.2) is 8.42 Å². The number of hydrogen-bond donors (Lipinski definition) is 1. The zero-order chi connectivity index (χ0) is 18.9. The molecule has 10 heteroatoms. The summed E-state index contributed by atoms with van der Waals surface area (Å²) in [6.07, 6.45) is 1.10. The van der Waals surface area contributed by atoms with Crippen LogP contribution in [0.1, 0.15) is 5.56 Å². The minimum Gasteiger partial charge on any atom is -0.385 e. The van der Waals surface area contributed by atoms with Crippen molar-refractivity contribution in [2.75, 3.05) is 18.2 Å². The summed E-state index contributed by atoms with van der Waals surface area (Å²) in [6.45, 7) is 1.53. The molecule has 0 spiro atoms. The molecule has 1 aromatic heterocycles. The number of anilines is 1. The zero-order valence-corrected chi connectivity index (χ0v) is 15.5. The van der Waals surface area contributed by atoms with E-state index in [1.54, 1.807) is 12.1 Å². The molecule has 0 saturated carbocycles. The molecule has 26 heavy (non-hydrogen) atoms. The van der Waals surface area contributed by atoms with Crippen molar-refractivity contribution in [3.8, 4) is 0 Å². The molecule has 3 aromatic rings. The van der Waals surface area contributed by atoms with E-state index in [9.17, 15) is 13.2 Å². The number of rotatable bonds is 5. The molecule has 1 heterocycles. The Morgan fingerprint density at radius 3 is 2.73 bits per heavy atom. The van der Waals surface area contributed by atoms with Gasteiger partial charge in [-0.05, 0) is 48.0 Å². The van der Waals surface area contributed by atoms with E-state index in [1.165, 1.54) is 18.2 Å². The van der Waals surface area contributed by atoms with Gasteiger partial charge in [0.05, 0.1) is 15.6 Å². The molecule has 8 nitrogen and oxygen atoms in total. The summed E-state index contributed by atoms with van der Waals surface area (Å²) >= 11 is 6.07. The van der Waals surface area contributed by atoms with Crippen LogP contribution in [0.5, 0.6) is 0 Å². The van der Waals surface area contributed by atoms with E-state index >= 15 is 0 Å². The molecule has 0 fully saturated rings. The Morgan fingerprint density at radius 2 is 2.04 bits per heavy atom. The topological polar surface area (TPSA) is 103 Å². The fraction of sp³-hybridized carbons (Fsp3) is 0.188. The van der Waals surface area contributed by atoms with Crippen LogP contribution in [0, 0.1) is 6.92 Å². The minimum atomic E-state index is -3.39. The van der Waals surface area contributed by atoms with Gasteiger partial charge in [-0.1, -0.05) is 22.5 Å². The fourth-order valence-electron chi connectivity index (χ4n) is 2.23. The van der Waals surface area contributed by atoms with Crippen LogP contribution in [0.2, 0.25) is 5.02 Å². The molecule has 1 amide bonds. The number of sulfone groups is 1. The maximum Gasteiger partial charge on any atom is 0.265 e. The molecular weight excluding hydrogens is 380 g/mol. The monoisotopic (exact) mass is 394 g/mol. The Morgan fingerprint density at radius 1 is 1.27 bits per heavy atom. The number of benzene rings is 2. The number of carbonyl (C=O) groups is 1. The van der Waals surface area contributed by atoms with Gasteiger partial charge in [0.25, 0.3) is 5.91 Å². The van der Waals surface area contributed by atoms with Crippen LogP contribution in [0.4, 0.5) is 5.69 Å². The number of hydrogen-bond acceptors (Lipinski definition) is 6. The number of fused-ring (bicyclic) bond motifs is 1. The summed E-state index contributed by atoms with van der Waals surface area (Å²) in [5.74, 6) is -0.446. The number of carbonyl (C=O) groups excluding carboxylic acids is 1. The summed E-state index contributed by atoms with van der Waals surface area (Å²) in [6, 6.07) is 9.58. The molecule has 2 aromatic carbocycles. The molecule has 0 aliphatic rings. The van der Waals surface area contributed by atoms with Crippen molar-refractivity contribution in [3.05, 3.63) is 47.0 Å². The van der Waals surface area contributed by atoms with Gasteiger partial charge in [-0.15, -0.1) is 5.10 Å². The van der Waals surface area contributed by atoms with Gasteiger partial charge >= 0.3 is 0 Å². The van der Waals surface area contributed by atoms with Crippen LogP contribution in [-0.4, -0.2) is 42.3 Å². The van der Waals surface area contributed by atoms with Crippen LogP contribution >= 0.6 is 11.6 Å². The Bertz CT molecular complexity index is 1090. The Labute approximate surface area is 154 Å². The van der Waals surface area contributed by atoms with Crippen LogP contribution in [-0.2, 0) is 14.6 Å². The zero-order valence-electron chi connectivity index (χ0n) is 13.9. The summed E-state index contributed by atoms with van der Waals surface area (Å²) in [7, 11) is -3.39. The maximum atomic E-state index is 12.1. The number of nitrogens with one attached hydrogen (secondary N) is 1. The Balaban J connectivity index is 1.74. The van der Waals surface area contributed by atoms with Crippen molar-refractivity contribution < 1.29 is 18.0 Å². The lowest BCUT2D eigenvalue weighted by atomic mass is 10.2. The number of aromatic nitrogens is 3. The molecule has 0 unspecified atom stereocenters. The lowest BCUT2D eigenvalue weighted by molar-refractivity contribution is -0.121. The highest BCUT2D eigenvalue weighted by Gasteiger charge is 2.13. The highest BCUT2D eigenvalue weighted by Crippen LogP contribution is 2.22. The van der Waals surface area contributed by atoms with Gasteiger partial charge < -0.3 is 10.2 Å². The average Bonchev–Trinajstić information content (AvgIpc) is 2.97. The predicted octanol–water partition coefficient (Wildman–Crippen LogP) is 1.86. The maximum absolute atomic E-state index is 12.1. The quantitative estimate of drug-likeness (QED) is 0.708. The summed E-state index contributed by atoms with van der Waals surface area (Å²) < 4.78 is 23.3. The smallest absolute Gasteiger partial charge is 0.265 e. The number of amides is 1. The largest absolute Gasteiger partial charge is 0.385 e. The van der Waals surface area contributed by atoms with E-state index in [0.717, 1.165) is 16.7 Å². The van der Waals surface area contributed by atoms with E-state index in [4.69, 9.17) is 16.4 Å². The second kappa shape index (κ2) is 6.93. The molecule has 0 atom stereocenters. The van der Waals surface area contributed by atoms with Crippen molar-refractivity contribution in [1.82, 2.24) is 15.2 Å². The molecule has 0 aliphatic heterocycles. The number of halogens is 1. The van der Waals surface area contributed by atoms with E-state index in [1.807, 2.05) is 13.0 Å². The molecule has 0 saturated heterocycles. The van der Waals surface area contributed by atoms with E-state index in [0.29, 0.717) is 21.7 Å². The molecule has 136 valence electrons. The first-order valence-corrected chi connectivity index (χ1v) is 9.76. The average molecular weight is 395 g/mol. The summed E-state index contributed by atoms with van der Waals surface area (Å²) in [5, 5.41) is 10.7. The normalized spacial score (nSPS) is 11.5. The molecule has 0 aliphatic carbocycles. The van der Waals surface area contributed by atoms with Crippen LogP contribution in [0.3, 0.4) is 0 Å². The van der Waals surface area contributed by atoms with E-state index in [-0.39, 0.29) is 11.5 Å². The van der Waals surface area contributed by atoms with E-state index < -0.39 is 15.7 Å². The molecule has 0 radical (unpaired) electrons. The predicted molar refractivity (Wildman–Crippen MR) is 96.9 cm³/mol. The fourth-order valence-corrected chi connectivity index (χ4v) is 3.15. The SMILES string of the molecule is Cc1ccc(NC(=O)COn2nnc3ccc(S(C)(=O)=O)cc32)c(Cl)c1. The first-order valence-electron chi connectivity index (χ1n) is 7.49. The van der Waals surface area contributed by atoms with Crippen LogP contribution in [0.15, 0.2) is 41.3 Å². The van der Waals surface area contributed by atoms with Gasteiger partial charge in [-0.2, -0.15) is 0 Å². The van der Waals surface area contributed by atoms with Crippen molar-refractivity contribution in [2.24, 2.45) is 0 Å². The Hall–Kier alpha value is -2.65. The molecular formula is C16H15ClN4O4S. The summed E-state index contributed by atoms with van der Waals surface area (Å²) in [4.78, 5) is 18.5. The van der Waals surface area contributed by atoms with Crippen molar-refractivity contribution in [3.63, 3.8) is 0 Å². The van der Waals surface area contributed by atoms with Crippen molar-refractivity contribution in [1.29, 1.82) is 0 Å². The highest BCUT2D eigenvalue weighted by molar-refractivity contribution is 7.90. The van der Waals surface area contributed by atoms with Gasteiger partial charge in [0.15, 0.2) is 16.4 Å². The second-order valence-electron chi connectivity index (χ2n) is 5.69. The lowest BCUT2D eigenvalue weighted by Gasteiger charge is -2.09. The standard InChI is InChI=1S/C16H15ClN4O4S/c1-10-3-5-13(12(17)7-10)18-16(22)9-25-21-15-8-11(26(2,23)24)4-6-14(15)19-20-21/h3-8H,9H2,1-2H3,(H,18,22). The highest BCUT2D eigenvalue weighted by atomic mass is 35.5. The van der Waals surface area contributed by atoms with Gasteiger partial charge in [0, 0.05) is 6.26 Å². The first kappa shape index (κ1) is 18.2. The third kappa shape index (κ3) is 3.94. The van der Waals surface area contributed by atoms with Gasteiger partial charge in [-0.3, -0.25) is 4.79 Å². The third-order valence-electron chi connectivity index (χ3n) is 3.53. The van der Waals surface area contributed by atoms with Gasteiger partial charge in [0.2, 0.25) is 0 Å². The van der Waals surface area contributed by atoms with Crippen molar-refractivity contribution in [2.45, 2.75) is 11.8 Å². The molecule has 0 bridgehead atoms. The van der Waals surface area contributed by atoms with Crippen molar-refractivity contribution >= 4 is 44.1 Å². The lowest BCUT2D eigenvalue weighted by Crippen LogP contribution is -2.26. The Kier molecular flexibility index (Phi) is 4.84. The number of aryl methyl sites for hydroxylation is 1. The van der Waals surface area contributed by atoms with Gasteiger partial charge in [0.1, 0.15) is 11.0 Å². The van der Waals surface area contributed by atoms with Crippen LogP contribution < -0.4 is 10.2 Å². The van der Waals surface area contributed by atoms with Crippen LogP contribution in [0.25, 0.3) is 11.0 Å². The van der Waals surface area contributed by atoms with E-state index in [2.05, 4.69) is 15.6 Å².